The monoisotopic (exact) mass is 243 g/mol. The summed E-state index contributed by atoms with van der Waals surface area (Å²) in [7, 11) is 0. The van der Waals surface area contributed by atoms with Crippen LogP contribution in [0.2, 0.25) is 5.02 Å². The average Bonchev–Trinajstić information content (AvgIpc) is 2.32. The summed E-state index contributed by atoms with van der Waals surface area (Å²) in [5, 5.41) is 3.19. The van der Waals surface area contributed by atoms with Gasteiger partial charge in [-0.2, -0.15) is 0 Å². The standard InChI is InChI=1S/C10H14ClN3O2/c11-8-9(13-6-14-10(8)15)12-4-7-2-1-3-16-5-7/h6-7H,1-5H2,(H2,12,13,14,15). The Labute approximate surface area is 98.2 Å². The van der Waals surface area contributed by atoms with Gasteiger partial charge in [-0.1, -0.05) is 11.6 Å². The number of H-pyrrole nitrogens is 1. The van der Waals surface area contributed by atoms with E-state index in [1.54, 1.807) is 0 Å². The molecule has 1 fully saturated rings. The molecule has 2 rings (SSSR count). The van der Waals surface area contributed by atoms with Crippen molar-refractivity contribution in [3.05, 3.63) is 21.7 Å². The van der Waals surface area contributed by atoms with E-state index in [2.05, 4.69) is 15.3 Å². The maximum atomic E-state index is 11.2. The van der Waals surface area contributed by atoms with Crippen LogP contribution in [0.15, 0.2) is 11.1 Å². The van der Waals surface area contributed by atoms with Crippen LogP contribution in [0.5, 0.6) is 0 Å². The molecular formula is C10H14ClN3O2. The molecule has 1 aliphatic rings. The van der Waals surface area contributed by atoms with E-state index in [0.717, 1.165) is 32.6 Å². The van der Waals surface area contributed by atoms with Crippen molar-refractivity contribution in [2.75, 3.05) is 25.1 Å². The second kappa shape index (κ2) is 5.32. The van der Waals surface area contributed by atoms with Crippen molar-refractivity contribution in [3.8, 4) is 0 Å². The molecule has 16 heavy (non-hydrogen) atoms. The van der Waals surface area contributed by atoms with Crippen molar-refractivity contribution in [1.29, 1.82) is 0 Å². The molecular weight excluding hydrogens is 230 g/mol. The van der Waals surface area contributed by atoms with Gasteiger partial charge in [0.05, 0.1) is 12.9 Å². The maximum Gasteiger partial charge on any atom is 0.271 e. The molecule has 0 spiro atoms. The Morgan fingerprint density at radius 3 is 3.31 bits per heavy atom. The fraction of sp³-hybridized carbons (Fsp3) is 0.600. The second-order valence-corrected chi connectivity index (χ2v) is 4.24. The number of aromatic nitrogens is 2. The van der Waals surface area contributed by atoms with Gasteiger partial charge in [0, 0.05) is 13.2 Å². The SMILES string of the molecule is O=c1[nH]cnc(NCC2CCCOC2)c1Cl. The summed E-state index contributed by atoms with van der Waals surface area (Å²) in [6.07, 6.45) is 3.56. The molecule has 88 valence electrons. The van der Waals surface area contributed by atoms with Gasteiger partial charge in [-0.25, -0.2) is 4.98 Å². The lowest BCUT2D eigenvalue weighted by atomic mass is 10.0. The zero-order valence-electron chi connectivity index (χ0n) is 8.83. The first kappa shape index (κ1) is 11.4. The smallest absolute Gasteiger partial charge is 0.271 e. The highest BCUT2D eigenvalue weighted by Gasteiger charge is 2.14. The number of halogens is 1. The van der Waals surface area contributed by atoms with E-state index in [4.69, 9.17) is 16.3 Å². The minimum Gasteiger partial charge on any atom is -0.381 e. The normalized spacial score (nSPS) is 20.7. The number of aromatic amines is 1. The quantitative estimate of drug-likeness (QED) is 0.839. The lowest BCUT2D eigenvalue weighted by Gasteiger charge is -2.22. The minimum absolute atomic E-state index is 0.110. The summed E-state index contributed by atoms with van der Waals surface area (Å²) < 4.78 is 5.36. The Hall–Kier alpha value is -1.07. The highest BCUT2D eigenvalue weighted by Crippen LogP contribution is 2.16. The molecule has 1 aromatic rings. The van der Waals surface area contributed by atoms with Crippen LogP contribution < -0.4 is 10.9 Å². The number of nitrogens with zero attached hydrogens (tertiary/aromatic N) is 1. The van der Waals surface area contributed by atoms with Crippen LogP contribution in [0, 0.1) is 5.92 Å². The molecule has 1 aromatic heterocycles. The van der Waals surface area contributed by atoms with Gasteiger partial charge in [-0.3, -0.25) is 4.79 Å². The zero-order valence-corrected chi connectivity index (χ0v) is 9.59. The predicted molar refractivity (Wildman–Crippen MR) is 61.9 cm³/mol. The first-order valence-electron chi connectivity index (χ1n) is 5.32. The Bertz CT molecular complexity index is 401. The Kier molecular flexibility index (Phi) is 3.79. The van der Waals surface area contributed by atoms with E-state index in [0.29, 0.717) is 11.7 Å². The summed E-state index contributed by atoms with van der Waals surface area (Å²) in [6.45, 7) is 2.34. The zero-order chi connectivity index (χ0) is 11.4. The van der Waals surface area contributed by atoms with Gasteiger partial charge in [-0.15, -0.1) is 0 Å². The van der Waals surface area contributed by atoms with Crippen molar-refractivity contribution in [1.82, 2.24) is 9.97 Å². The van der Waals surface area contributed by atoms with E-state index in [1.165, 1.54) is 6.33 Å². The first-order chi connectivity index (χ1) is 7.77. The minimum atomic E-state index is -0.320. The lowest BCUT2D eigenvalue weighted by molar-refractivity contribution is 0.0595. The van der Waals surface area contributed by atoms with Crippen molar-refractivity contribution in [2.45, 2.75) is 12.8 Å². The summed E-state index contributed by atoms with van der Waals surface area (Å²) in [6, 6.07) is 0. The summed E-state index contributed by atoms with van der Waals surface area (Å²) in [5.41, 5.74) is -0.320. The topological polar surface area (TPSA) is 67.0 Å². The van der Waals surface area contributed by atoms with Crippen LogP contribution in [0.4, 0.5) is 5.82 Å². The third kappa shape index (κ3) is 2.74. The molecule has 0 aliphatic carbocycles. The van der Waals surface area contributed by atoms with Gasteiger partial charge < -0.3 is 15.0 Å². The van der Waals surface area contributed by atoms with Crippen molar-refractivity contribution < 1.29 is 4.74 Å². The van der Waals surface area contributed by atoms with E-state index >= 15 is 0 Å². The summed E-state index contributed by atoms with van der Waals surface area (Å²) in [4.78, 5) is 17.6. The Morgan fingerprint density at radius 1 is 1.69 bits per heavy atom. The van der Waals surface area contributed by atoms with Gasteiger partial charge in [0.25, 0.3) is 5.56 Å². The van der Waals surface area contributed by atoms with Crippen LogP contribution in [-0.4, -0.2) is 29.7 Å². The summed E-state index contributed by atoms with van der Waals surface area (Å²) >= 11 is 5.81. The third-order valence-corrected chi connectivity index (χ3v) is 2.96. The van der Waals surface area contributed by atoms with Crippen LogP contribution in [-0.2, 0) is 4.74 Å². The molecule has 2 heterocycles. The molecule has 0 bridgehead atoms. The van der Waals surface area contributed by atoms with E-state index in [-0.39, 0.29) is 10.6 Å². The fourth-order valence-electron chi connectivity index (χ4n) is 1.72. The van der Waals surface area contributed by atoms with Crippen molar-refractivity contribution in [3.63, 3.8) is 0 Å². The maximum absolute atomic E-state index is 11.2. The predicted octanol–water partition coefficient (Wildman–Crippen LogP) is 1.26. The average molecular weight is 244 g/mol. The fourth-order valence-corrected chi connectivity index (χ4v) is 1.89. The number of hydrogen-bond acceptors (Lipinski definition) is 4. The largest absolute Gasteiger partial charge is 0.381 e. The number of rotatable bonds is 3. The molecule has 1 saturated heterocycles. The highest BCUT2D eigenvalue weighted by molar-refractivity contribution is 6.32. The first-order valence-corrected chi connectivity index (χ1v) is 5.70. The van der Waals surface area contributed by atoms with Gasteiger partial charge in [0.1, 0.15) is 5.02 Å². The van der Waals surface area contributed by atoms with E-state index in [1.807, 2.05) is 0 Å². The van der Waals surface area contributed by atoms with Crippen LogP contribution in [0.3, 0.4) is 0 Å². The van der Waals surface area contributed by atoms with Gasteiger partial charge >= 0.3 is 0 Å². The van der Waals surface area contributed by atoms with E-state index < -0.39 is 0 Å². The molecule has 0 amide bonds. The number of nitrogens with one attached hydrogen (secondary N) is 2. The van der Waals surface area contributed by atoms with Gasteiger partial charge in [0.15, 0.2) is 5.82 Å². The second-order valence-electron chi connectivity index (χ2n) is 3.86. The van der Waals surface area contributed by atoms with Crippen molar-refractivity contribution in [2.24, 2.45) is 5.92 Å². The molecule has 2 N–H and O–H groups in total. The molecule has 0 saturated carbocycles. The number of hydrogen-bond donors (Lipinski definition) is 2. The van der Waals surface area contributed by atoms with E-state index in [9.17, 15) is 4.79 Å². The molecule has 1 aliphatic heterocycles. The van der Waals surface area contributed by atoms with Crippen LogP contribution in [0.25, 0.3) is 0 Å². The molecule has 0 aromatic carbocycles. The van der Waals surface area contributed by atoms with Crippen LogP contribution in [0.1, 0.15) is 12.8 Å². The van der Waals surface area contributed by atoms with Crippen LogP contribution >= 0.6 is 11.6 Å². The highest BCUT2D eigenvalue weighted by atomic mass is 35.5. The Morgan fingerprint density at radius 2 is 2.56 bits per heavy atom. The third-order valence-electron chi connectivity index (χ3n) is 2.61. The number of anilines is 1. The molecule has 6 heteroatoms. The van der Waals surface area contributed by atoms with Gasteiger partial charge in [0.2, 0.25) is 0 Å². The van der Waals surface area contributed by atoms with Crippen molar-refractivity contribution >= 4 is 17.4 Å². The molecule has 1 unspecified atom stereocenters. The number of ether oxygens (including phenoxy) is 1. The van der Waals surface area contributed by atoms with Gasteiger partial charge in [-0.05, 0) is 18.8 Å². The molecule has 1 atom stereocenters. The molecule has 5 nitrogen and oxygen atoms in total. The Balaban J connectivity index is 1.93. The lowest BCUT2D eigenvalue weighted by Crippen LogP contribution is -2.25. The molecule has 0 radical (unpaired) electrons. The summed E-state index contributed by atoms with van der Waals surface area (Å²) in [5.74, 6) is 0.905.